The van der Waals surface area contributed by atoms with E-state index in [2.05, 4.69) is 5.32 Å². The molecule has 0 amide bonds. The number of aliphatic hydroxyl groups is 2. The summed E-state index contributed by atoms with van der Waals surface area (Å²) in [7, 11) is 0. The molecule has 0 saturated heterocycles. The zero-order chi connectivity index (χ0) is 13.5. The first-order valence-electron chi connectivity index (χ1n) is 5.63. The maximum absolute atomic E-state index is 9.66. The van der Waals surface area contributed by atoms with Crippen LogP contribution in [0.1, 0.15) is 6.92 Å². The number of ether oxygens (including phenoxy) is 1. The van der Waals surface area contributed by atoms with Gasteiger partial charge in [-0.3, -0.25) is 0 Å². The number of rotatable bonds is 7. The van der Waals surface area contributed by atoms with Crippen molar-refractivity contribution in [3.63, 3.8) is 0 Å². The van der Waals surface area contributed by atoms with Crippen molar-refractivity contribution >= 4 is 23.2 Å². The molecule has 18 heavy (non-hydrogen) atoms. The lowest BCUT2D eigenvalue weighted by atomic mass is 10.3. The summed E-state index contributed by atoms with van der Waals surface area (Å²) in [6, 6.07) is 4.85. The Morgan fingerprint density at radius 2 is 2.11 bits per heavy atom. The Labute approximate surface area is 116 Å². The monoisotopic (exact) mass is 293 g/mol. The van der Waals surface area contributed by atoms with Crippen molar-refractivity contribution in [3.8, 4) is 5.75 Å². The standard InChI is InChI=1S/C12H17Cl2NO3/c1-8(6-16)15-5-10(17)7-18-12-3-2-9(13)4-11(12)14/h2-4,8,10,15-17H,5-7H2,1H3. The van der Waals surface area contributed by atoms with Crippen LogP contribution >= 0.6 is 23.2 Å². The van der Waals surface area contributed by atoms with E-state index in [0.29, 0.717) is 22.3 Å². The third-order valence-corrected chi connectivity index (χ3v) is 2.83. The first-order valence-corrected chi connectivity index (χ1v) is 6.38. The molecule has 0 bridgehead atoms. The second-order valence-corrected chi connectivity index (χ2v) is 4.88. The molecule has 0 spiro atoms. The summed E-state index contributed by atoms with van der Waals surface area (Å²) in [5, 5.41) is 22.4. The van der Waals surface area contributed by atoms with Gasteiger partial charge in [-0.25, -0.2) is 0 Å². The van der Waals surface area contributed by atoms with Gasteiger partial charge in [0.2, 0.25) is 0 Å². The number of halogens is 2. The van der Waals surface area contributed by atoms with Crippen molar-refractivity contribution in [1.82, 2.24) is 5.32 Å². The first kappa shape index (κ1) is 15.5. The van der Waals surface area contributed by atoms with Crippen LogP contribution in [-0.2, 0) is 0 Å². The van der Waals surface area contributed by atoms with E-state index in [1.54, 1.807) is 18.2 Å². The van der Waals surface area contributed by atoms with Gasteiger partial charge in [-0.1, -0.05) is 23.2 Å². The van der Waals surface area contributed by atoms with Gasteiger partial charge in [0.1, 0.15) is 18.5 Å². The molecule has 1 rings (SSSR count). The van der Waals surface area contributed by atoms with E-state index in [-0.39, 0.29) is 19.3 Å². The summed E-state index contributed by atoms with van der Waals surface area (Å²) in [6.07, 6.45) is -0.675. The van der Waals surface area contributed by atoms with Crippen molar-refractivity contribution in [2.75, 3.05) is 19.8 Å². The Hall–Kier alpha value is -0.520. The fourth-order valence-electron chi connectivity index (χ4n) is 1.24. The summed E-state index contributed by atoms with van der Waals surface area (Å²) in [6.45, 7) is 2.31. The van der Waals surface area contributed by atoms with Crippen LogP contribution in [0.25, 0.3) is 0 Å². The Bertz CT molecular complexity index is 376. The normalized spacial score (nSPS) is 14.3. The lowest BCUT2D eigenvalue weighted by molar-refractivity contribution is 0.101. The van der Waals surface area contributed by atoms with Crippen molar-refractivity contribution in [2.45, 2.75) is 19.1 Å². The number of nitrogens with one attached hydrogen (secondary N) is 1. The predicted molar refractivity (Wildman–Crippen MR) is 72.5 cm³/mol. The highest BCUT2D eigenvalue weighted by atomic mass is 35.5. The first-order chi connectivity index (χ1) is 8.52. The third kappa shape index (κ3) is 5.42. The molecule has 0 saturated carbocycles. The number of hydrogen-bond acceptors (Lipinski definition) is 4. The van der Waals surface area contributed by atoms with Gasteiger partial charge >= 0.3 is 0 Å². The summed E-state index contributed by atoms with van der Waals surface area (Å²) in [5.74, 6) is 0.482. The molecule has 1 aromatic rings. The quantitative estimate of drug-likeness (QED) is 0.716. The smallest absolute Gasteiger partial charge is 0.138 e. The second kappa shape index (κ2) is 7.81. The highest BCUT2D eigenvalue weighted by molar-refractivity contribution is 6.35. The summed E-state index contributed by atoms with van der Waals surface area (Å²) < 4.78 is 5.38. The molecule has 102 valence electrons. The van der Waals surface area contributed by atoms with Crippen molar-refractivity contribution in [2.24, 2.45) is 0 Å². The molecule has 2 atom stereocenters. The van der Waals surface area contributed by atoms with E-state index in [4.69, 9.17) is 33.0 Å². The topological polar surface area (TPSA) is 61.7 Å². The highest BCUT2D eigenvalue weighted by Crippen LogP contribution is 2.27. The number of benzene rings is 1. The summed E-state index contributed by atoms with van der Waals surface area (Å²) >= 11 is 11.7. The van der Waals surface area contributed by atoms with E-state index in [1.807, 2.05) is 6.92 Å². The van der Waals surface area contributed by atoms with Crippen molar-refractivity contribution in [3.05, 3.63) is 28.2 Å². The lowest BCUT2D eigenvalue weighted by Gasteiger charge is -2.16. The van der Waals surface area contributed by atoms with E-state index in [1.165, 1.54) is 0 Å². The Morgan fingerprint density at radius 1 is 1.39 bits per heavy atom. The van der Waals surface area contributed by atoms with Crippen LogP contribution in [0.5, 0.6) is 5.75 Å². The van der Waals surface area contributed by atoms with E-state index in [0.717, 1.165) is 0 Å². The Balaban J connectivity index is 2.35. The number of aliphatic hydroxyl groups excluding tert-OH is 2. The minimum absolute atomic E-state index is 0.0244. The van der Waals surface area contributed by atoms with E-state index < -0.39 is 6.10 Å². The molecule has 1 aromatic carbocycles. The van der Waals surface area contributed by atoms with Crippen LogP contribution < -0.4 is 10.1 Å². The van der Waals surface area contributed by atoms with Crippen LogP contribution in [0, 0.1) is 0 Å². The predicted octanol–water partition coefficient (Wildman–Crippen LogP) is 1.70. The molecule has 0 aliphatic rings. The zero-order valence-electron chi connectivity index (χ0n) is 10.1. The molecule has 0 aliphatic carbocycles. The molecule has 3 N–H and O–H groups in total. The molecule has 4 nitrogen and oxygen atoms in total. The highest BCUT2D eigenvalue weighted by Gasteiger charge is 2.09. The lowest BCUT2D eigenvalue weighted by Crippen LogP contribution is -2.38. The summed E-state index contributed by atoms with van der Waals surface area (Å²) in [5.41, 5.74) is 0. The van der Waals surface area contributed by atoms with Crippen molar-refractivity contribution in [1.29, 1.82) is 0 Å². The third-order valence-electron chi connectivity index (χ3n) is 2.30. The molecule has 2 unspecified atom stereocenters. The second-order valence-electron chi connectivity index (χ2n) is 4.03. The van der Waals surface area contributed by atoms with Gasteiger partial charge in [0.25, 0.3) is 0 Å². The molecule has 0 fully saturated rings. The van der Waals surface area contributed by atoms with Gasteiger partial charge in [-0.2, -0.15) is 0 Å². The minimum atomic E-state index is -0.675. The van der Waals surface area contributed by atoms with Gasteiger partial charge in [-0.05, 0) is 25.1 Å². The zero-order valence-corrected chi connectivity index (χ0v) is 11.6. The molecular weight excluding hydrogens is 277 g/mol. The Kier molecular flexibility index (Phi) is 6.75. The maximum Gasteiger partial charge on any atom is 0.138 e. The number of hydrogen-bond donors (Lipinski definition) is 3. The van der Waals surface area contributed by atoms with Crippen LogP contribution in [-0.4, -0.2) is 42.1 Å². The van der Waals surface area contributed by atoms with Crippen molar-refractivity contribution < 1.29 is 14.9 Å². The van der Waals surface area contributed by atoms with Gasteiger partial charge in [0, 0.05) is 17.6 Å². The van der Waals surface area contributed by atoms with Crippen LogP contribution in [0.2, 0.25) is 10.0 Å². The summed E-state index contributed by atoms with van der Waals surface area (Å²) in [4.78, 5) is 0. The molecule has 0 heterocycles. The molecule has 6 heteroatoms. The minimum Gasteiger partial charge on any atom is -0.489 e. The van der Waals surface area contributed by atoms with Crippen LogP contribution in [0.4, 0.5) is 0 Å². The van der Waals surface area contributed by atoms with Gasteiger partial charge < -0.3 is 20.3 Å². The van der Waals surface area contributed by atoms with Gasteiger partial charge in [0.15, 0.2) is 0 Å². The van der Waals surface area contributed by atoms with Crippen LogP contribution in [0.3, 0.4) is 0 Å². The van der Waals surface area contributed by atoms with Gasteiger partial charge in [0.05, 0.1) is 11.6 Å². The van der Waals surface area contributed by atoms with Crippen LogP contribution in [0.15, 0.2) is 18.2 Å². The SMILES string of the molecule is CC(CO)NCC(O)COc1ccc(Cl)cc1Cl. The average molecular weight is 294 g/mol. The molecule has 0 aliphatic heterocycles. The molecule has 0 radical (unpaired) electrons. The largest absolute Gasteiger partial charge is 0.489 e. The fraction of sp³-hybridized carbons (Fsp3) is 0.500. The van der Waals surface area contributed by atoms with Gasteiger partial charge in [-0.15, -0.1) is 0 Å². The Morgan fingerprint density at radius 3 is 2.72 bits per heavy atom. The molecular formula is C12H17Cl2NO3. The average Bonchev–Trinajstić information content (AvgIpc) is 2.34. The van der Waals surface area contributed by atoms with E-state index in [9.17, 15) is 5.11 Å². The van der Waals surface area contributed by atoms with E-state index >= 15 is 0 Å². The maximum atomic E-state index is 9.66. The fourth-order valence-corrected chi connectivity index (χ4v) is 1.70. The molecule has 0 aromatic heterocycles.